The summed E-state index contributed by atoms with van der Waals surface area (Å²) in [7, 11) is -2.70. The van der Waals surface area contributed by atoms with Crippen molar-refractivity contribution in [1.82, 2.24) is 0 Å². The second-order valence-electron chi connectivity index (χ2n) is 15.9. The van der Waals surface area contributed by atoms with Crippen LogP contribution in [0.25, 0.3) is 0 Å². The average molecular weight is 654 g/mol. The highest BCUT2D eigenvalue weighted by atomic mass is 31.2. The lowest BCUT2D eigenvalue weighted by Gasteiger charge is -2.63. The Morgan fingerprint density at radius 1 is 0.809 bits per heavy atom. The standard InChI is InChI=1S/C42H54O4P/c1-29(34-23-24-35-40-36(28-38(44)42(34,35)3)41(2)26-14-13-15-30(41)27-37(40)43)22-25-39(45)46-47(31-16-7-4-8-17-31,32-18-9-5-10-19-32)33-20-11-6-12-21-33/h4-12,16-21,29-30,34-38,40,43-44H,13-15,22-28H2,1-3H3/q+1. The predicted molar refractivity (Wildman–Crippen MR) is 192 cm³/mol. The molecule has 3 aromatic rings. The Hall–Kier alpha value is -2.52. The van der Waals surface area contributed by atoms with Gasteiger partial charge in [-0.1, -0.05) is 88.2 Å². The molecular weight excluding hydrogens is 599 g/mol. The number of aliphatic hydroxyl groups excluding tert-OH is 2. The van der Waals surface area contributed by atoms with E-state index in [1.54, 1.807) is 0 Å². The Morgan fingerprint density at radius 3 is 1.96 bits per heavy atom. The van der Waals surface area contributed by atoms with Crippen LogP contribution in [0.3, 0.4) is 0 Å². The zero-order valence-corrected chi connectivity index (χ0v) is 29.4. The summed E-state index contributed by atoms with van der Waals surface area (Å²) in [5.41, 5.74) is 0.00198. The lowest BCUT2D eigenvalue weighted by Crippen LogP contribution is -2.61. The zero-order valence-electron chi connectivity index (χ0n) is 28.5. The molecule has 10 unspecified atom stereocenters. The topological polar surface area (TPSA) is 66.8 Å². The largest absolute Gasteiger partial charge is 0.393 e. The van der Waals surface area contributed by atoms with Gasteiger partial charge in [0.15, 0.2) is 0 Å². The first kappa shape index (κ1) is 33.0. The molecule has 4 fully saturated rings. The summed E-state index contributed by atoms with van der Waals surface area (Å²) in [6.45, 7) is 7.09. The van der Waals surface area contributed by atoms with Crippen LogP contribution in [0.5, 0.6) is 0 Å². The summed E-state index contributed by atoms with van der Waals surface area (Å²) in [4.78, 5) is 14.0. The molecule has 0 heterocycles. The van der Waals surface area contributed by atoms with Crippen LogP contribution in [0.2, 0.25) is 0 Å². The number of aliphatic hydroxyl groups is 2. The van der Waals surface area contributed by atoms with Gasteiger partial charge in [0.2, 0.25) is 0 Å². The summed E-state index contributed by atoms with van der Waals surface area (Å²) in [5.74, 6) is 2.02. The highest BCUT2D eigenvalue weighted by Crippen LogP contribution is 2.68. The summed E-state index contributed by atoms with van der Waals surface area (Å²) in [6.07, 6.45) is 9.34. The van der Waals surface area contributed by atoms with E-state index >= 15 is 0 Å². The molecule has 0 radical (unpaired) electrons. The van der Waals surface area contributed by atoms with Crippen LogP contribution in [0.4, 0.5) is 0 Å². The van der Waals surface area contributed by atoms with Crippen LogP contribution in [0.15, 0.2) is 91.0 Å². The molecule has 0 aliphatic heterocycles. The van der Waals surface area contributed by atoms with Crippen molar-refractivity contribution in [3.63, 3.8) is 0 Å². The quantitative estimate of drug-likeness (QED) is 0.243. The van der Waals surface area contributed by atoms with E-state index < -0.39 is 7.49 Å². The minimum atomic E-state index is -2.70. The summed E-state index contributed by atoms with van der Waals surface area (Å²) >= 11 is 0. The molecule has 4 aliphatic rings. The molecule has 10 atom stereocenters. The molecule has 2 N–H and O–H groups in total. The zero-order chi connectivity index (χ0) is 32.8. The molecular formula is C42H54O4P+. The fourth-order valence-electron chi connectivity index (χ4n) is 11.5. The van der Waals surface area contributed by atoms with Crippen LogP contribution in [0.1, 0.15) is 85.0 Å². The molecule has 4 aliphatic carbocycles. The van der Waals surface area contributed by atoms with Gasteiger partial charge in [-0.05, 0) is 128 Å². The Labute approximate surface area is 282 Å². The van der Waals surface area contributed by atoms with Crippen LogP contribution in [-0.4, -0.2) is 28.4 Å². The summed E-state index contributed by atoms with van der Waals surface area (Å²) < 4.78 is 6.80. The van der Waals surface area contributed by atoms with Gasteiger partial charge < -0.3 is 10.2 Å². The van der Waals surface area contributed by atoms with Crippen LogP contribution < -0.4 is 15.9 Å². The molecule has 4 saturated carbocycles. The monoisotopic (exact) mass is 653 g/mol. The number of carbonyl (C=O) groups excluding carboxylic acids is 1. The minimum absolute atomic E-state index is 0.162. The van der Waals surface area contributed by atoms with E-state index in [9.17, 15) is 15.0 Å². The number of hydrogen-bond acceptors (Lipinski definition) is 4. The van der Waals surface area contributed by atoms with E-state index in [0.29, 0.717) is 30.1 Å². The summed E-state index contributed by atoms with van der Waals surface area (Å²) in [6, 6.07) is 30.8. The molecule has 250 valence electrons. The van der Waals surface area contributed by atoms with Gasteiger partial charge in [0.25, 0.3) is 7.49 Å². The fraction of sp³-hybridized carbons (Fsp3) is 0.548. The van der Waals surface area contributed by atoms with Crippen molar-refractivity contribution in [2.45, 2.75) is 97.2 Å². The second kappa shape index (κ2) is 13.1. The van der Waals surface area contributed by atoms with Crippen molar-refractivity contribution in [1.29, 1.82) is 0 Å². The van der Waals surface area contributed by atoms with Crippen molar-refractivity contribution in [2.75, 3.05) is 0 Å². The molecule has 7 rings (SSSR count). The van der Waals surface area contributed by atoms with E-state index in [1.165, 1.54) is 25.7 Å². The molecule has 0 bridgehead atoms. The molecule has 0 amide bonds. The smallest absolute Gasteiger partial charge is 0.351 e. The molecule has 47 heavy (non-hydrogen) atoms. The normalized spacial score (nSPS) is 35.6. The first-order chi connectivity index (χ1) is 22.7. The van der Waals surface area contributed by atoms with E-state index in [4.69, 9.17) is 4.52 Å². The van der Waals surface area contributed by atoms with Crippen molar-refractivity contribution in [3.05, 3.63) is 91.0 Å². The Bertz CT molecular complexity index is 1420. The van der Waals surface area contributed by atoms with Gasteiger partial charge in [0.1, 0.15) is 15.9 Å². The number of hydrogen-bond donors (Lipinski definition) is 2. The molecule has 3 aromatic carbocycles. The molecule has 5 heteroatoms. The average Bonchev–Trinajstić information content (AvgIpc) is 3.46. The highest BCUT2D eigenvalue weighted by molar-refractivity contribution is 7.92. The predicted octanol–water partition coefficient (Wildman–Crippen LogP) is 7.85. The van der Waals surface area contributed by atoms with Crippen molar-refractivity contribution in [3.8, 4) is 0 Å². The first-order valence-corrected chi connectivity index (χ1v) is 20.0. The van der Waals surface area contributed by atoms with Crippen molar-refractivity contribution < 1.29 is 19.5 Å². The lowest BCUT2D eigenvalue weighted by atomic mass is 9.43. The van der Waals surface area contributed by atoms with Gasteiger partial charge in [-0.25, -0.2) is 4.79 Å². The lowest BCUT2D eigenvalue weighted by molar-refractivity contribution is -0.201. The third-order valence-corrected chi connectivity index (χ3v) is 17.4. The Morgan fingerprint density at radius 2 is 1.38 bits per heavy atom. The highest BCUT2D eigenvalue weighted by Gasteiger charge is 2.65. The molecule has 4 nitrogen and oxygen atoms in total. The maximum absolute atomic E-state index is 14.0. The number of carbonyl (C=O) groups is 1. The third kappa shape index (κ3) is 5.51. The van der Waals surface area contributed by atoms with Crippen molar-refractivity contribution in [2.24, 2.45) is 46.3 Å². The van der Waals surface area contributed by atoms with E-state index in [1.807, 2.05) is 54.6 Å². The Balaban J connectivity index is 1.11. The van der Waals surface area contributed by atoms with Gasteiger partial charge in [0.05, 0.1) is 18.6 Å². The maximum atomic E-state index is 14.0. The van der Waals surface area contributed by atoms with Gasteiger partial charge in [-0.2, -0.15) is 0 Å². The first-order valence-electron chi connectivity index (χ1n) is 18.3. The van der Waals surface area contributed by atoms with E-state index in [-0.39, 0.29) is 40.8 Å². The molecule has 0 saturated heterocycles. The maximum Gasteiger partial charge on any atom is 0.351 e. The second-order valence-corrected chi connectivity index (χ2v) is 18.9. The van der Waals surface area contributed by atoms with Crippen LogP contribution in [0, 0.1) is 46.3 Å². The van der Waals surface area contributed by atoms with E-state index in [2.05, 4.69) is 57.2 Å². The van der Waals surface area contributed by atoms with Gasteiger partial charge in [-0.15, -0.1) is 0 Å². The van der Waals surface area contributed by atoms with Crippen molar-refractivity contribution >= 4 is 29.4 Å². The SMILES string of the molecule is CC(CCC(=O)O[P+](c1ccccc1)(c1ccccc1)c1ccccc1)C1CCC2C3C(O)CC4CCCCC4(C)C3CC(O)C12C. The fourth-order valence-corrected chi connectivity index (χ4v) is 14.8. The van der Waals surface area contributed by atoms with Crippen LogP contribution >= 0.6 is 7.49 Å². The van der Waals surface area contributed by atoms with Crippen LogP contribution in [-0.2, 0) is 9.32 Å². The number of fused-ring (bicyclic) bond motifs is 5. The molecule has 0 spiro atoms. The minimum Gasteiger partial charge on any atom is -0.393 e. The number of benzene rings is 3. The van der Waals surface area contributed by atoms with Gasteiger partial charge >= 0.3 is 5.97 Å². The van der Waals surface area contributed by atoms with Gasteiger partial charge in [0, 0.05) is 0 Å². The van der Waals surface area contributed by atoms with E-state index in [0.717, 1.165) is 48.0 Å². The summed E-state index contributed by atoms with van der Waals surface area (Å²) in [5, 5.41) is 26.8. The third-order valence-electron chi connectivity index (χ3n) is 13.9. The molecule has 0 aromatic heterocycles. The number of rotatable bonds is 8. The Kier molecular flexibility index (Phi) is 9.18. The van der Waals surface area contributed by atoms with Gasteiger partial charge in [-0.3, -0.25) is 4.52 Å².